The third-order valence-electron chi connectivity index (χ3n) is 1.81. The fraction of sp³-hybridized carbons (Fsp3) is 0.300. The Bertz CT molecular complexity index is 339. The summed E-state index contributed by atoms with van der Waals surface area (Å²) in [6, 6.07) is 5.97. The molecule has 0 aliphatic rings. The monoisotopic (exact) mass is 430 g/mol. The third-order valence-corrected chi connectivity index (χ3v) is 3.79. The van der Waals surface area contributed by atoms with Gasteiger partial charge in [0.05, 0.1) is 0 Å². The standard InChI is InChI=1S/C10H9Br2IO/c11-4-3-10(14)8-5-7(6-12)1-2-9(8)13/h1-2,5H,3-4,6H2. The molecule has 0 aliphatic carbocycles. The molecule has 1 rings (SSSR count). The highest BCUT2D eigenvalue weighted by Crippen LogP contribution is 2.18. The van der Waals surface area contributed by atoms with Gasteiger partial charge in [0, 0.05) is 26.2 Å². The van der Waals surface area contributed by atoms with Crippen molar-refractivity contribution < 1.29 is 4.79 Å². The number of Topliss-reactive ketones (excluding diaryl/α,β-unsaturated/α-hetero) is 1. The number of hydrogen-bond acceptors (Lipinski definition) is 1. The van der Waals surface area contributed by atoms with E-state index < -0.39 is 0 Å². The van der Waals surface area contributed by atoms with Gasteiger partial charge in [0.25, 0.3) is 0 Å². The first kappa shape index (κ1) is 12.6. The molecule has 0 saturated carbocycles. The highest BCUT2D eigenvalue weighted by Gasteiger charge is 2.09. The molecule has 0 atom stereocenters. The lowest BCUT2D eigenvalue weighted by Gasteiger charge is -2.04. The van der Waals surface area contributed by atoms with E-state index in [9.17, 15) is 4.79 Å². The van der Waals surface area contributed by atoms with Crippen molar-refractivity contribution in [3.05, 3.63) is 32.9 Å². The van der Waals surface area contributed by atoms with Gasteiger partial charge in [-0.05, 0) is 40.3 Å². The Morgan fingerprint density at radius 3 is 2.64 bits per heavy atom. The second kappa shape index (κ2) is 6.23. The molecule has 4 heteroatoms. The van der Waals surface area contributed by atoms with Crippen molar-refractivity contribution >= 4 is 60.2 Å². The number of rotatable bonds is 4. The highest BCUT2D eigenvalue weighted by atomic mass is 127. The molecule has 0 unspecified atom stereocenters. The molecule has 0 amide bonds. The molecule has 0 radical (unpaired) electrons. The second-order valence-corrected chi connectivity index (χ2v) is 5.33. The van der Waals surface area contributed by atoms with E-state index in [2.05, 4.69) is 54.5 Å². The molecule has 0 spiro atoms. The summed E-state index contributed by atoms with van der Waals surface area (Å²) in [5, 5.41) is 1.51. The summed E-state index contributed by atoms with van der Waals surface area (Å²) in [6.45, 7) is 0. The Balaban J connectivity index is 2.99. The molecular formula is C10H9Br2IO. The Morgan fingerprint density at radius 1 is 1.36 bits per heavy atom. The first-order valence-electron chi connectivity index (χ1n) is 4.12. The van der Waals surface area contributed by atoms with Gasteiger partial charge >= 0.3 is 0 Å². The molecule has 0 heterocycles. The smallest absolute Gasteiger partial charge is 0.164 e. The summed E-state index contributed by atoms with van der Waals surface area (Å²) in [4.78, 5) is 11.7. The minimum absolute atomic E-state index is 0.203. The Morgan fingerprint density at radius 2 is 2.07 bits per heavy atom. The van der Waals surface area contributed by atoms with E-state index in [4.69, 9.17) is 0 Å². The van der Waals surface area contributed by atoms with Crippen LogP contribution in [0.2, 0.25) is 0 Å². The van der Waals surface area contributed by atoms with Crippen molar-refractivity contribution in [2.24, 2.45) is 0 Å². The van der Waals surface area contributed by atoms with Gasteiger partial charge in [-0.1, -0.05) is 37.9 Å². The van der Waals surface area contributed by atoms with Crippen LogP contribution in [0.4, 0.5) is 0 Å². The number of hydrogen-bond donors (Lipinski definition) is 0. The van der Waals surface area contributed by atoms with Gasteiger partial charge in [-0.25, -0.2) is 0 Å². The van der Waals surface area contributed by atoms with Crippen LogP contribution < -0.4 is 0 Å². The summed E-state index contributed by atoms with van der Waals surface area (Å²) >= 11 is 8.85. The van der Waals surface area contributed by atoms with Crippen molar-refractivity contribution in [3.63, 3.8) is 0 Å². The predicted molar refractivity (Wildman–Crippen MR) is 74.5 cm³/mol. The van der Waals surface area contributed by atoms with Crippen molar-refractivity contribution in [3.8, 4) is 0 Å². The molecule has 0 saturated heterocycles. The molecular weight excluding hydrogens is 423 g/mol. The van der Waals surface area contributed by atoms with Gasteiger partial charge in [0.2, 0.25) is 0 Å². The molecule has 1 nitrogen and oxygen atoms in total. The Kier molecular flexibility index (Phi) is 5.62. The zero-order chi connectivity index (χ0) is 10.6. The molecule has 1 aromatic rings. The average molecular weight is 432 g/mol. The van der Waals surface area contributed by atoms with Crippen molar-refractivity contribution in [2.75, 3.05) is 5.33 Å². The van der Waals surface area contributed by atoms with E-state index in [-0.39, 0.29) is 5.78 Å². The zero-order valence-corrected chi connectivity index (χ0v) is 12.7. The number of ketones is 1. The van der Waals surface area contributed by atoms with Crippen LogP contribution in [-0.4, -0.2) is 11.1 Å². The number of alkyl halides is 2. The van der Waals surface area contributed by atoms with E-state index in [1.807, 2.05) is 18.2 Å². The van der Waals surface area contributed by atoms with Crippen LogP contribution >= 0.6 is 54.5 Å². The topological polar surface area (TPSA) is 17.1 Å². The summed E-state index contributed by atoms with van der Waals surface area (Å²) < 4.78 is 1.03. The molecule has 0 aromatic heterocycles. The fourth-order valence-electron chi connectivity index (χ4n) is 1.09. The SMILES string of the molecule is O=C(CCBr)c1cc(CBr)ccc1I. The lowest BCUT2D eigenvalue weighted by Crippen LogP contribution is -2.03. The Hall–Kier alpha value is 0.580. The summed E-state index contributed by atoms with van der Waals surface area (Å²) in [6.07, 6.45) is 0.557. The van der Waals surface area contributed by atoms with E-state index in [1.165, 1.54) is 0 Å². The fourth-order valence-corrected chi connectivity index (χ4v) is 2.43. The lowest BCUT2D eigenvalue weighted by molar-refractivity contribution is 0.0989. The van der Waals surface area contributed by atoms with Crippen molar-refractivity contribution in [1.29, 1.82) is 0 Å². The van der Waals surface area contributed by atoms with Crippen LogP contribution in [0.5, 0.6) is 0 Å². The van der Waals surface area contributed by atoms with Crippen LogP contribution in [0.15, 0.2) is 18.2 Å². The molecule has 14 heavy (non-hydrogen) atoms. The third kappa shape index (κ3) is 3.31. The molecule has 1 aromatic carbocycles. The average Bonchev–Trinajstić information content (AvgIpc) is 2.19. The van der Waals surface area contributed by atoms with Crippen LogP contribution in [0.25, 0.3) is 0 Å². The predicted octanol–water partition coefficient (Wildman–Crippen LogP) is 4.15. The maximum Gasteiger partial charge on any atom is 0.164 e. The lowest BCUT2D eigenvalue weighted by atomic mass is 10.1. The van der Waals surface area contributed by atoms with Gasteiger partial charge < -0.3 is 0 Å². The van der Waals surface area contributed by atoms with Crippen LogP contribution in [-0.2, 0) is 5.33 Å². The van der Waals surface area contributed by atoms with Crippen molar-refractivity contribution in [1.82, 2.24) is 0 Å². The van der Waals surface area contributed by atoms with Gasteiger partial charge in [0.1, 0.15) is 0 Å². The highest BCUT2D eigenvalue weighted by molar-refractivity contribution is 14.1. The minimum atomic E-state index is 0.203. The molecule has 0 N–H and O–H groups in total. The van der Waals surface area contributed by atoms with E-state index >= 15 is 0 Å². The van der Waals surface area contributed by atoms with E-state index in [0.29, 0.717) is 6.42 Å². The number of carbonyl (C=O) groups is 1. The summed E-state index contributed by atoms with van der Waals surface area (Å²) in [7, 11) is 0. The second-order valence-electron chi connectivity index (χ2n) is 2.81. The van der Waals surface area contributed by atoms with Gasteiger partial charge in [-0.2, -0.15) is 0 Å². The molecule has 76 valence electrons. The molecule has 0 bridgehead atoms. The quantitative estimate of drug-likeness (QED) is 0.397. The van der Waals surface area contributed by atoms with E-state index in [0.717, 1.165) is 25.4 Å². The van der Waals surface area contributed by atoms with Gasteiger partial charge in [-0.3, -0.25) is 4.79 Å². The summed E-state index contributed by atoms with van der Waals surface area (Å²) in [5.74, 6) is 0.203. The number of halogens is 3. The summed E-state index contributed by atoms with van der Waals surface area (Å²) in [5.41, 5.74) is 1.98. The number of benzene rings is 1. The first-order chi connectivity index (χ1) is 6.69. The maximum atomic E-state index is 11.7. The van der Waals surface area contributed by atoms with Crippen LogP contribution in [0, 0.1) is 3.57 Å². The first-order valence-corrected chi connectivity index (χ1v) is 7.44. The minimum Gasteiger partial charge on any atom is -0.294 e. The zero-order valence-electron chi connectivity index (χ0n) is 7.40. The van der Waals surface area contributed by atoms with Crippen molar-refractivity contribution in [2.45, 2.75) is 11.8 Å². The molecule has 0 fully saturated rings. The van der Waals surface area contributed by atoms with Crippen LogP contribution in [0.1, 0.15) is 22.3 Å². The normalized spacial score (nSPS) is 10.2. The van der Waals surface area contributed by atoms with Crippen LogP contribution in [0.3, 0.4) is 0 Å². The Labute approximate surface area is 114 Å². The van der Waals surface area contributed by atoms with Gasteiger partial charge in [0.15, 0.2) is 5.78 Å². The van der Waals surface area contributed by atoms with E-state index in [1.54, 1.807) is 0 Å². The maximum absolute atomic E-state index is 11.7. The largest absolute Gasteiger partial charge is 0.294 e. The van der Waals surface area contributed by atoms with Gasteiger partial charge in [-0.15, -0.1) is 0 Å². The number of carbonyl (C=O) groups excluding carboxylic acids is 1. The molecule has 0 aliphatic heterocycles.